The molecule has 0 fully saturated rings. The van der Waals surface area contributed by atoms with Crippen molar-refractivity contribution >= 4 is 34.2 Å². The van der Waals surface area contributed by atoms with Crippen molar-refractivity contribution in [3.8, 4) is 5.69 Å². The minimum atomic E-state index is -0.0590. The molecule has 0 spiro atoms. The highest BCUT2D eigenvalue weighted by molar-refractivity contribution is 9.10. The molecule has 0 aliphatic carbocycles. The Labute approximate surface area is 151 Å². The standard InChI is InChI=1S/C16H21BrN4O.ClH/c1-3-15-14(16(22)19-10-4-9-18-2)11-20-21(15)13-7-5-12(17)6-8-13;/h5-8,11,18H,3-4,9-10H2,1-2H3,(H,19,22);1H. The van der Waals surface area contributed by atoms with Crippen molar-refractivity contribution in [3.63, 3.8) is 0 Å². The van der Waals surface area contributed by atoms with Crippen molar-refractivity contribution in [2.24, 2.45) is 0 Å². The number of nitrogens with zero attached hydrogens (tertiary/aromatic N) is 2. The second-order valence-corrected chi connectivity index (χ2v) is 5.88. The summed E-state index contributed by atoms with van der Waals surface area (Å²) in [5.41, 5.74) is 2.53. The van der Waals surface area contributed by atoms with Gasteiger partial charge in [-0.3, -0.25) is 4.79 Å². The molecule has 1 heterocycles. The predicted octanol–water partition coefficient (Wildman–Crippen LogP) is 2.96. The third-order valence-electron chi connectivity index (χ3n) is 3.41. The number of carbonyl (C=O) groups excluding carboxylic acids is 1. The summed E-state index contributed by atoms with van der Waals surface area (Å²) in [6.07, 6.45) is 3.30. The molecule has 23 heavy (non-hydrogen) atoms. The lowest BCUT2D eigenvalue weighted by molar-refractivity contribution is 0.0952. The van der Waals surface area contributed by atoms with Crippen LogP contribution in [0.25, 0.3) is 5.69 Å². The van der Waals surface area contributed by atoms with Crippen LogP contribution in [0.1, 0.15) is 29.4 Å². The van der Waals surface area contributed by atoms with Crippen LogP contribution in [0.4, 0.5) is 0 Å². The summed E-state index contributed by atoms with van der Waals surface area (Å²) in [5, 5.41) is 10.4. The van der Waals surface area contributed by atoms with Crippen molar-refractivity contribution in [2.75, 3.05) is 20.1 Å². The number of hydrogen-bond donors (Lipinski definition) is 2. The molecule has 0 atom stereocenters. The van der Waals surface area contributed by atoms with Gasteiger partial charge in [0.15, 0.2) is 0 Å². The van der Waals surface area contributed by atoms with Crippen LogP contribution in [-0.2, 0) is 6.42 Å². The van der Waals surface area contributed by atoms with Crippen LogP contribution in [0.15, 0.2) is 34.9 Å². The molecule has 126 valence electrons. The van der Waals surface area contributed by atoms with Crippen LogP contribution in [0.5, 0.6) is 0 Å². The zero-order valence-electron chi connectivity index (χ0n) is 13.3. The quantitative estimate of drug-likeness (QED) is 0.701. The van der Waals surface area contributed by atoms with E-state index in [0.717, 1.165) is 35.2 Å². The van der Waals surface area contributed by atoms with E-state index < -0.39 is 0 Å². The fraction of sp³-hybridized carbons (Fsp3) is 0.375. The van der Waals surface area contributed by atoms with Gasteiger partial charge in [-0.1, -0.05) is 22.9 Å². The van der Waals surface area contributed by atoms with Crippen molar-refractivity contribution < 1.29 is 4.79 Å². The largest absolute Gasteiger partial charge is 0.352 e. The smallest absolute Gasteiger partial charge is 0.254 e. The van der Waals surface area contributed by atoms with E-state index in [9.17, 15) is 4.79 Å². The molecule has 2 aromatic rings. The van der Waals surface area contributed by atoms with Crippen LogP contribution in [0.2, 0.25) is 0 Å². The highest BCUT2D eigenvalue weighted by atomic mass is 79.9. The summed E-state index contributed by atoms with van der Waals surface area (Å²) >= 11 is 3.42. The molecule has 0 bridgehead atoms. The molecular formula is C16H22BrClN4O. The van der Waals surface area contributed by atoms with Crippen molar-refractivity contribution in [2.45, 2.75) is 19.8 Å². The first-order valence-corrected chi connectivity index (χ1v) is 8.22. The molecule has 0 aliphatic rings. The van der Waals surface area contributed by atoms with Crippen LogP contribution in [0.3, 0.4) is 0 Å². The van der Waals surface area contributed by atoms with Gasteiger partial charge in [-0.05, 0) is 50.7 Å². The van der Waals surface area contributed by atoms with Gasteiger partial charge in [0, 0.05) is 11.0 Å². The Balaban J connectivity index is 0.00000264. The third-order valence-corrected chi connectivity index (χ3v) is 3.94. The predicted molar refractivity (Wildman–Crippen MR) is 98.8 cm³/mol. The molecule has 1 amide bonds. The average Bonchev–Trinajstić information content (AvgIpc) is 2.96. The van der Waals surface area contributed by atoms with E-state index in [1.54, 1.807) is 6.20 Å². The van der Waals surface area contributed by atoms with E-state index in [-0.39, 0.29) is 18.3 Å². The van der Waals surface area contributed by atoms with Gasteiger partial charge in [0.1, 0.15) is 0 Å². The van der Waals surface area contributed by atoms with Crippen LogP contribution >= 0.6 is 28.3 Å². The molecule has 0 aliphatic heterocycles. The van der Waals surface area contributed by atoms with Crippen molar-refractivity contribution in [3.05, 3.63) is 46.2 Å². The van der Waals surface area contributed by atoms with E-state index >= 15 is 0 Å². The maximum Gasteiger partial charge on any atom is 0.254 e. The van der Waals surface area contributed by atoms with E-state index in [2.05, 4.69) is 31.7 Å². The highest BCUT2D eigenvalue weighted by Gasteiger charge is 2.16. The van der Waals surface area contributed by atoms with E-state index in [1.807, 2.05) is 42.9 Å². The number of carbonyl (C=O) groups is 1. The minimum Gasteiger partial charge on any atom is -0.352 e. The van der Waals surface area contributed by atoms with Crippen LogP contribution in [0, 0.1) is 0 Å². The van der Waals surface area contributed by atoms with E-state index in [4.69, 9.17) is 0 Å². The Morgan fingerprint density at radius 3 is 2.57 bits per heavy atom. The number of halogens is 2. The topological polar surface area (TPSA) is 59.0 Å². The van der Waals surface area contributed by atoms with Gasteiger partial charge >= 0.3 is 0 Å². The number of nitrogens with one attached hydrogen (secondary N) is 2. The summed E-state index contributed by atoms with van der Waals surface area (Å²) in [4.78, 5) is 12.3. The molecule has 7 heteroatoms. The average molecular weight is 402 g/mol. The fourth-order valence-corrected chi connectivity index (χ4v) is 2.54. The molecule has 0 saturated carbocycles. The molecule has 0 saturated heterocycles. The highest BCUT2D eigenvalue weighted by Crippen LogP contribution is 2.18. The molecule has 1 aromatic heterocycles. The summed E-state index contributed by atoms with van der Waals surface area (Å²) in [6, 6.07) is 7.89. The number of hydrogen-bond acceptors (Lipinski definition) is 3. The Bertz CT molecular complexity index is 628. The summed E-state index contributed by atoms with van der Waals surface area (Å²) in [5.74, 6) is -0.0590. The SMILES string of the molecule is CCc1c(C(=O)NCCCNC)cnn1-c1ccc(Br)cc1.Cl. The molecule has 0 unspecified atom stereocenters. The molecular weight excluding hydrogens is 380 g/mol. The number of benzene rings is 1. The monoisotopic (exact) mass is 400 g/mol. The lowest BCUT2D eigenvalue weighted by Gasteiger charge is -2.08. The van der Waals surface area contributed by atoms with Gasteiger partial charge in [-0.15, -0.1) is 12.4 Å². The normalized spacial score (nSPS) is 10.2. The molecule has 2 N–H and O–H groups in total. The molecule has 2 rings (SSSR count). The first-order chi connectivity index (χ1) is 10.7. The van der Waals surface area contributed by atoms with Crippen molar-refractivity contribution in [1.29, 1.82) is 0 Å². The Morgan fingerprint density at radius 1 is 1.26 bits per heavy atom. The lowest BCUT2D eigenvalue weighted by atomic mass is 10.2. The Hall–Kier alpha value is -1.37. The van der Waals surface area contributed by atoms with Crippen LogP contribution in [-0.4, -0.2) is 35.8 Å². The Kier molecular flexibility index (Phi) is 8.30. The second kappa shape index (κ2) is 9.70. The zero-order valence-corrected chi connectivity index (χ0v) is 15.7. The van der Waals surface area contributed by atoms with E-state index in [1.165, 1.54) is 0 Å². The second-order valence-electron chi connectivity index (χ2n) is 4.96. The molecule has 1 aromatic carbocycles. The Morgan fingerprint density at radius 2 is 1.96 bits per heavy atom. The van der Waals surface area contributed by atoms with Gasteiger partial charge in [0.25, 0.3) is 5.91 Å². The van der Waals surface area contributed by atoms with Crippen molar-refractivity contribution in [1.82, 2.24) is 20.4 Å². The maximum absolute atomic E-state index is 12.3. The lowest BCUT2D eigenvalue weighted by Crippen LogP contribution is -2.27. The number of aromatic nitrogens is 2. The molecule has 0 radical (unpaired) electrons. The summed E-state index contributed by atoms with van der Waals surface area (Å²) < 4.78 is 2.85. The first kappa shape index (κ1) is 19.7. The van der Waals surface area contributed by atoms with E-state index in [0.29, 0.717) is 12.1 Å². The van der Waals surface area contributed by atoms with Gasteiger partial charge in [-0.25, -0.2) is 4.68 Å². The summed E-state index contributed by atoms with van der Waals surface area (Å²) in [6.45, 7) is 3.58. The third kappa shape index (κ3) is 5.06. The van der Waals surface area contributed by atoms with Gasteiger partial charge in [0.05, 0.1) is 23.1 Å². The van der Waals surface area contributed by atoms with Crippen LogP contribution < -0.4 is 10.6 Å². The number of amides is 1. The van der Waals surface area contributed by atoms with Gasteiger partial charge in [-0.2, -0.15) is 5.10 Å². The van der Waals surface area contributed by atoms with Gasteiger partial charge < -0.3 is 10.6 Å². The number of rotatable bonds is 7. The minimum absolute atomic E-state index is 0. The van der Waals surface area contributed by atoms with Gasteiger partial charge in [0.2, 0.25) is 0 Å². The fourth-order valence-electron chi connectivity index (χ4n) is 2.27. The maximum atomic E-state index is 12.3. The first-order valence-electron chi connectivity index (χ1n) is 7.43. The zero-order chi connectivity index (χ0) is 15.9. The summed E-state index contributed by atoms with van der Waals surface area (Å²) in [7, 11) is 1.90. The molecule has 5 nitrogen and oxygen atoms in total.